The van der Waals surface area contributed by atoms with Crippen molar-refractivity contribution in [2.45, 2.75) is 0 Å². The molecule has 0 amide bonds. The molecule has 0 saturated carbocycles. The van der Waals surface area contributed by atoms with Gasteiger partial charge >= 0.3 is 0 Å². The molecule has 0 aromatic carbocycles. The molecule has 2 aromatic rings. The molecule has 0 fully saturated rings. The number of pyridine rings is 1. The highest BCUT2D eigenvalue weighted by molar-refractivity contribution is 14.1. The summed E-state index contributed by atoms with van der Waals surface area (Å²) in [6.07, 6.45) is 3.75. The number of fused-ring (bicyclic) bond motifs is 1. The van der Waals surface area contributed by atoms with E-state index < -0.39 is 0 Å². The van der Waals surface area contributed by atoms with Gasteiger partial charge in [0.25, 0.3) is 0 Å². The van der Waals surface area contributed by atoms with E-state index in [1.165, 1.54) is 9.09 Å². The van der Waals surface area contributed by atoms with Crippen LogP contribution in [0.2, 0.25) is 0 Å². The molecule has 0 atom stereocenters. The molecule has 10 heavy (non-hydrogen) atoms. The summed E-state index contributed by atoms with van der Waals surface area (Å²) < 4.78 is 3.10. The number of nitrogens with zero attached hydrogens (tertiary/aromatic N) is 2. The van der Waals surface area contributed by atoms with Crippen molar-refractivity contribution in [3.8, 4) is 0 Å². The van der Waals surface area contributed by atoms with E-state index in [1.54, 1.807) is 6.20 Å². The fourth-order valence-electron chi connectivity index (χ4n) is 0.917. The predicted molar refractivity (Wildman–Crippen MR) is 47.9 cm³/mol. The minimum absolute atomic E-state index is 1.17. The van der Waals surface area contributed by atoms with Crippen LogP contribution in [0, 0.1) is 3.57 Å². The zero-order chi connectivity index (χ0) is 6.97. The second-order valence-electron chi connectivity index (χ2n) is 2.02. The maximum atomic E-state index is 4.09. The molecule has 2 heterocycles. The van der Waals surface area contributed by atoms with E-state index in [0.717, 1.165) is 0 Å². The third-order valence-electron chi connectivity index (χ3n) is 1.38. The Balaban J connectivity index is 2.95. The van der Waals surface area contributed by atoms with Crippen molar-refractivity contribution in [3.63, 3.8) is 0 Å². The summed E-state index contributed by atoms with van der Waals surface area (Å²) in [5.74, 6) is 0. The number of halogens is 1. The minimum Gasteiger partial charge on any atom is -0.240 e. The molecular formula is C7H5IN2. The molecule has 0 bridgehead atoms. The highest BCUT2D eigenvalue weighted by atomic mass is 127. The Bertz CT molecular complexity index is 353. The lowest BCUT2D eigenvalue weighted by Gasteiger charge is -1.92. The first-order valence-corrected chi connectivity index (χ1v) is 4.04. The van der Waals surface area contributed by atoms with Crippen LogP contribution in [0.4, 0.5) is 0 Å². The van der Waals surface area contributed by atoms with Crippen molar-refractivity contribution in [2.24, 2.45) is 0 Å². The molecule has 0 radical (unpaired) electrons. The summed E-state index contributed by atoms with van der Waals surface area (Å²) in [6.45, 7) is 0. The second kappa shape index (κ2) is 2.23. The van der Waals surface area contributed by atoms with Crippen LogP contribution in [0.25, 0.3) is 5.52 Å². The summed E-state index contributed by atoms with van der Waals surface area (Å²) in [5, 5.41) is 4.09. The first kappa shape index (κ1) is 6.15. The number of aromatic nitrogens is 2. The van der Waals surface area contributed by atoms with Crippen LogP contribution in [0.5, 0.6) is 0 Å². The van der Waals surface area contributed by atoms with Gasteiger partial charge in [-0.15, -0.1) is 0 Å². The van der Waals surface area contributed by atoms with Crippen molar-refractivity contribution >= 4 is 28.1 Å². The fourth-order valence-corrected chi connectivity index (χ4v) is 1.55. The lowest BCUT2D eigenvalue weighted by atomic mass is 10.4. The van der Waals surface area contributed by atoms with Gasteiger partial charge in [-0.1, -0.05) is 0 Å². The summed E-state index contributed by atoms with van der Waals surface area (Å²) in [7, 11) is 0. The topological polar surface area (TPSA) is 17.3 Å². The Hall–Kier alpha value is -0.580. The molecule has 3 heteroatoms. The number of rotatable bonds is 0. The Morgan fingerprint density at radius 1 is 1.40 bits per heavy atom. The van der Waals surface area contributed by atoms with Crippen LogP contribution < -0.4 is 0 Å². The van der Waals surface area contributed by atoms with Crippen LogP contribution in [0.15, 0.2) is 30.6 Å². The standard InChI is InChI=1S/C7H5IN2/c8-6-2-1-5-10-7(6)3-4-9-10/h1-5H. The van der Waals surface area contributed by atoms with Crippen LogP contribution in [-0.4, -0.2) is 9.61 Å². The van der Waals surface area contributed by atoms with E-state index in [1.807, 2.05) is 22.8 Å². The maximum absolute atomic E-state index is 4.09. The molecule has 0 unspecified atom stereocenters. The van der Waals surface area contributed by atoms with Gasteiger partial charge in [0.05, 0.1) is 11.7 Å². The monoisotopic (exact) mass is 244 g/mol. The molecule has 0 N–H and O–H groups in total. The molecule has 0 spiro atoms. The molecule has 0 aliphatic carbocycles. The van der Waals surface area contributed by atoms with Gasteiger partial charge in [-0.3, -0.25) is 0 Å². The van der Waals surface area contributed by atoms with Crippen molar-refractivity contribution in [1.82, 2.24) is 9.61 Å². The molecule has 0 saturated heterocycles. The average Bonchev–Trinajstić information content (AvgIpc) is 2.36. The minimum atomic E-state index is 1.17. The predicted octanol–water partition coefficient (Wildman–Crippen LogP) is 1.94. The van der Waals surface area contributed by atoms with Gasteiger partial charge in [0, 0.05) is 9.77 Å². The highest BCUT2D eigenvalue weighted by Gasteiger charge is 1.94. The summed E-state index contributed by atoms with van der Waals surface area (Å²) >= 11 is 2.29. The molecule has 0 aliphatic rings. The van der Waals surface area contributed by atoms with E-state index in [4.69, 9.17) is 0 Å². The van der Waals surface area contributed by atoms with Gasteiger partial charge in [0.1, 0.15) is 0 Å². The third-order valence-corrected chi connectivity index (χ3v) is 2.30. The average molecular weight is 244 g/mol. The fraction of sp³-hybridized carbons (Fsp3) is 0. The van der Waals surface area contributed by atoms with Crippen LogP contribution in [0.3, 0.4) is 0 Å². The molecule has 2 rings (SSSR count). The van der Waals surface area contributed by atoms with Crippen LogP contribution in [0.1, 0.15) is 0 Å². The lowest BCUT2D eigenvalue weighted by Crippen LogP contribution is -1.85. The van der Waals surface area contributed by atoms with Gasteiger partial charge in [-0.05, 0) is 40.8 Å². The zero-order valence-corrected chi connectivity index (χ0v) is 7.32. The maximum Gasteiger partial charge on any atom is 0.0794 e. The Morgan fingerprint density at radius 2 is 2.30 bits per heavy atom. The van der Waals surface area contributed by atoms with Gasteiger partial charge in [0.15, 0.2) is 0 Å². The van der Waals surface area contributed by atoms with E-state index in [0.29, 0.717) is 0 Å². The molecule has 2 nitrogen and oxygen atoms in total. The normalized spacial score (nSPS) is 10.5. The summed E-state index contributed by atoms with van der Waals surface area (Å²) in [6, 6.07) is 6.06. The first-order chi connectivity index (χ1) is 4.88. The van der Waals surface area contributed by atoms with E-state index >= 15 is 0 Å². The SMILES string of the molecule is Ic1cccn2nccc12. The van der Waals surface area contributed by atoms with E-state index in [2.05, 4.69) is 33.8 Å². The smallest absolute Gasteiger partial charge is 0.0794 e. The van der Waals surface area contributed by atoms with Crippen LogP contribution >= 0.6 is 22.6 Å². The molecular weight excluding hydrogens is 239 g/mol. The summed E-state index contributed by atoms with van der Waals surface area (Å²) in [4.78, 5) is 0. The molecule has 2 aromatic heterocycles. The van der Waals surface area contributed by atoms with Crippen molar-refractivity contribution in [3.05, 3.63) is 34.2 Å². The van der Waals surface area contributed by atoms with Gasteiger partial charge < -0.3 is 0 Å². The molecule has 50 valence electrons. The summed E-state index contributed by atoms with van der Waals surface area (Å²) in [5.41, 5.74) is 1.17. The molecule has 0 aliphatic heterocycles. The largest absolute Gasteiger partial charge is 0.240 e. The van der Waals surface area contributed by atoms with Gasteiger partial charge in [-0.2, -0.15) is 5.10 Å². The van der Waals surface area contributed by atoms with Crippen molar-refractivity contribution in [1.29, 1.82) is 0 Å². The Labute approximate surface area is 72.0 Å². The van der Waals surface area contributed by atoms with Gasteiger partial charge in [-0.25, -0.2) is 4.52 Å². The zero-order valence-electron chi connectivity index (χ0n) is 5.16. The Kier molecular flexibility index (Phi) is 1.37. The Morgan fingerprint density at radius 3 is 3.10 bits per heavy atom. The van der Waals surface area contributed by atoms with Crippen molar-refractivity contribution in [2.75, 3.05) is 0 Å². The van der Waals surface area contributed by atoms with Gasteiger partial charge in [0.2, 0.25) is 0 Å². The third kappa shape index (κ3) is 0.811. The highest BCUT2D eigenvalue weighted by Crippen LogP contribution is 2.11. The lowest BCUT2D eigenvalue weighted by molar-refractivity contribution is 0.958. The van der Waals surface area contributed by atoms with Crippen LogP contribution in [-0.2, 0) is 0 Å². The second-order valence-corrected chi connectivity index (χ2v) is 3.18. The van der Waals surface area contributed by atoms with Crippen molar-refractivity contribution < 1.29 is 0 Å². The number of hydrogen-bond donors (Lipinski definition) is 0. The van der Waals surface area contributed by atoms with E-state index in [9.17, 15) is 0 Å². The van der Waals surface area contributed by atoms with E-state index in [-0.39, 0.29) is 0 Å². The quantitative estimate of drug-likeness (QED) is 0.647. The first-order valence-electron chi connectivity index (χ1n) is 2.96. The number of hydrogen-bond acceptors (Lipinski definition) is 1.